The Kier molecular flexibility index (Phi) is 5.11. The largest absolute Gasteiger partial charge is 0.497 e. The van der Waals surface area contributed by atoms with E-state index in [9.17, 15) is 9.59 Å². The van der Waals surface area contributed by atoms with Crippen LogP contribution in [0.5, 0.6) is 11.5 Å². The zero-order chi connectivity index (χ0) is 21.3. The number of fused-ring (bicyclic) bond motifs is 1. The highest BCUT2D eigenvalue weighted by Crippen LogP contribution is 2.32. The molecule has 1 aromatic heterocycles. The van der Waals surface area contributed by atoms with E-state index in [1.165, 1.54) is 0 Å². The van der Waals surface area contributed by atoms with Crippen molar-refractivity contribution in [3.05, 3.63) is 93.6 Å². The fourth-order valence-electron chi connectivity index (χ4n) is 3.27. The second-order valence-electron chi connectivity index (χ2n) is 7.02. The molecule has 4 aromatic rings. The van der Waals surface area contributed by atoms with Gasteiger partial charge in [0.2, 0.25) is 11.2 Å². The zero-order valence-electron chi connectivity index (χ0n) is 16.9. The summed E-state index contributed by atoms with van der Waals surface area (Å²) < 4.78 is 16.9. The van der Waals surface area contributed by atoms with Crippen LogP contribution in [-0.4, -0.2) is 13.1 Å². The van der Waals surface area contributed by atoms with Crippen LogP contribution in [0.1, 0.15) is 21.5 Å². The molecule has 150 valence electrons. The van der Waals surface area contributed by atoms with Crippen LogP contribution in [0.2, 0.25) is 0 Å². The van der Waals surface area contributed by atoms with Crippen molar-refractivity contribution in [1.82, 2.24) is 0 Å². The van der Waals surface area contributed by atoms with Crippen molar-refractivity contribution in [3.63, 3.8) is 0 Å². The average molecular weight is 400 g/mol. The molecular formula is C25H20O5. The molecule has 1 heterocycles. The first-order chi connectivity index (χ1) is 14.5. The summed E-state index contributed by atoms with van der Waals surface area (Å²) in [7, 11) is 1.57. The predicted octanol–water partition coefficient (Wildman–Crippen LogP) is 5.30. The summed E-state index contributed by atoms with van der Waals surface area (Å²) in [6.45, 7) is 3.70. The standard InChI is InChI=1S/C25H20O5/c1-15-8-13-21-20(14-15)22(26)24(30-25(27)19-7-5-4-6-16(19)2)23(29-21)17-9-11-18(28-3)12-10-17/h4-14H,1-3H3. The summed E-state index contributed by atoms with van der Waals surface area (Å²) in [5.41, 5.74) is 2.68. The number of hydrogen-bond acceptors (Lipinski definition) is 5. The van der Waals surface area contributed by atoms with Crippen LogP contribution >= 0.6 is 0 Å². The van der Waals surface area contributed by atoms with Crippen molar-refractivity contribution < 1.29 is 18.7 Å². The second-order valence-corrected chi connectivity index (χ2v) is 7.02. The van der Waals surface area contributed by atoms with E-state index in [0.717, 1.165) is 11.1 Å². The van der Waals surface area contributed by atoms with Gasteiger partial charge in [0, 0.05) is 5.56 Å². The number of aryl methyl sites for hydroxylation is 2. The van der Waals surface area contributed by atoms with Crippen molar-refractivity contribution in [2.75, 3.05) is 7.11 Å². The minimum absolute atomic E-state index is 0.133. The van der Waals surface area contributed by atoms with Gasteiger partial charge in [-0.3, -0.25) is 4.79 Å². The van der Waals surface area contributed by atoms with Gasteiger partial charge in [0.25, 0.3) is 0 Å². The molecule has 5 heteroatoms. The highest BCUT2D eigenvalue weighted by molar-refractivity contribution is 5.94. The van der Waals surface area contributed by atoms with Gasteiger partial charge in [0.1, 0.15) is 11.3 Å². The first-order valence-corrected chi connectivity index (χ1v) is 9.47. The quantitative estimate of drug-likeness (QED) is 0.435. The van der Waals surface area contributed by atoms with Crippen LogP contribution in [0, 0.1) is 13.8 Å². The molecule has 3 aromatic carbocycles. The van der Waals surface area contributed by atoms with E-state index >= 15 is 0 Å². The van der Waals surface area contributed by atoms with Crippen LogP contribution in [-0.2, 0) is 0 Å². The Hall–Kier alpha value is -3.86. The summed E-state index contributed by atoms with van der Waals surface area (Å²) in [6, 6.07) is 19.4. The Balaban J connectivity index is 1.90. The Morgan fingerprint density at radius 2 is 1.67 bits per heavy atom. The normalized spacial score (nSPS) is 10.8. The molecule has 0 saturated carbocycles. The molecule has 0 N–H and O–H groups in total. The maximum absolute atomic E-state index is 13.3. The lowest BCUT2D eigenvalue weighted by atomic mass is 10.1. The van der Waals surface area contributed by atoms with E-state index in [1.807, 2.05) is 32.0 Å². The molecule has 0 unspecified atom stereocenters. The number of methoxy groups -OCH3 is 1. The van der Waals surface area contributed by atoms with Gasteiger partial charge in [-0.05, 0) is 61.9 Å². The van der Waals surface area contributed by atoms with Crippen LogP contribution in [0.4, 0.5) is 0 Å². The van der Waals surface area contributed by atoms with E-state index in [2.05, 4.69) is 0 Å². The highest BCUT2D eigenvalue weighted by atomic mass is 16.5. The zero-order valence-corrected chi connectivity index (χ0v) is 16.9. The smallest absolute Gasteiger partial charge is 0.344 e. The fourth-order valence-corrected chi connectivity index (χ4v) is 3.27. The number of carbonyl (C=O) groups excluding carboxylic acids is 1. The third kappa shape index (κ3) is 3.57. The van der Waals surface area contributed by atoms with Crippen molar-refractivity contribution in [2.45, 2.75) is 13.8 Å². The highest BCUT2D eigenvalue weighted by Gasteiger charge is 2.22. The van der Waals surface area contributed by atoms with Gasteiger partial charge in [-0.1, -0.05) is 29.8 Å². The van der Waals surface area contributed by atoms with Crippen molar-refractivity contribution >= 4 is 16.9 Å². The van der Waals surface area contributed by atoms with Gasteiger partial charge < -0.3 is 13.9 Å². The van der Waals surface area contributed by atoms with Crippen LogP contribution in [0.3, 0.4) is 0 Å². The summed E-state index contributed by atoms with van der Waals surface area (Å²) in [5, 5.41) is 0.361. The predicted molar refractivity (Wildman–Crippen MR) is 115 cm³/mol. The number of rotatable bonds is 4. The van der Waals surface area contributed by atoms with Gasteiger partial charge in [0.15, 0.2) is 5.76 Å². The Morgan fingerprint density at radius 3 is 2.37 bits per heavy atom. The van der Waals surface area contributed by atoms with Crippen LogP contribution in [0.25, 0.3) is 22.3 Å². The Bertz CT molecular complexity index is 1300. The summed E-state index contributed by atoms with van der Waals surface area (Å²) in [5.74, 6) is 0.116. The number of ether oxygens (including phenoxy) is 2. The molecule has 0 aliphatic carbocycles. The van der Waals surface area contributed by atoms with Gasteiger partial charge in [-0.25, -0.2) is 4.79 Å². The molecule has 0 saturated heterocycles. The molecule has 0 bridgehead atoms. The maximum atomic E-state index is 13.3. The van der Waals surface area contributed by atoms with E-state index < -0.39 is 11.4 Å². The minimum Gasteiger partial charge on any atom is -0.497 e. The van der Waals surface area contributed by atoms with E-state index in [-0.39, 0.29) is 11.5 Å². The van der Waals surface area contributed by atoms with Crippen molar-refractivity contribution in [1.29, 1.82) is 0 Å². The second kappa shape index (κ2) is 7.87. The van der Waals surface area contributed by atoms with Gasteiger partial charge in [0.05, 0.1) is 18.1 Å². The third-order valence-electron chi connectivity index (χ3n) is 4.92. The molecule has 0 atom stereocenters. The van der Waals surface area contributed by atoms with E-state index in [1.54, 1.807) is 55.6 Å². The van der Waals surface area contributed by atoms with Crippen molar-refractivity contribution in [3.8, 4) is 22.8 Å². The lowest BCUT2D eigenvalue weighted by Gasteiger charge is -2.12. The topological polar surface area (TPSA) is 65.7 Å². The van der Waals surface area contributed by atoms with Gasteiger partial charge in [-0.15, -0.1) is 0 Å². The van der Waals surface area contributed by atoms with Crippen molar-refractivity contribution in [2.24, 2.45) is 0 Å². The molecule has 0 aliphatic rings. The first kappa shape index (κ1) is 19.5. The number of benzene rings is 3. The van der Waals surface area contributed by atoms with E-state index in [0.29, 0.717) is 27.8 Å². The van der Waals surface area contributed by atoms with Crippen LogP contribution < -0.4 is 14.9 Å². The average Bonchev–Trinajstić information content (AvgIpc) is 2.76. The monoisotopic (exact) mass is 400 g/mol. The fraction of sp³-hybridized carbons (Fsp3) is 0.120. The third-order valence-corrected chi connectivity index (χ3v) is 4.92. The van der Waals surface area contributed by atoms with Crippen LogP contribution in [0.15, 0.2) is 75.9 Å². The minimum atomic E-state index is -0.609. The number of esters is 1. The number of hydrogen-bond donors (Lipinski definition) is 0. The van der Waals surface area contributed by atoms with Gasteiger partial charge in [-0.2, -0.15) is 0 Å². The SMILES string of the molecule is COc1ccc(-c2oc3ccc(C)cc3c(=O)c2OC(=O)c2ccccc2C)cc1. The maximum Gasteiger partial charge on any atom is 0.344 e. The molecule has 0 fully saturated rings. The lowest BCUT2D eigenvalue weighted by molar-refractivity contribution is 0.0730. The lowest BCUT2D eigenvalue weighted by Crippen LogP contribution is -2.17. The molecule has 5 nitrogen and oxygen atoms in total. The molecule has 0 amide bonds. The van der Waals surface area contributed by atoms with E-state index in [4.69, 9.17) is 13.9 Å². The summed E-state index contributed by atoms with van der Waals surface area (Å²) in [4.78, 5) is 26.1. The first-order valence-electron chi connectivity index (χ1n) is 9.47. The molecular weight excluding hydrogens is 380 g/mol. The molecule has 0 spiro atoms. The summed E-state index contributed by atoms with van der Waals surface area (Å²) in [6.07, 6.45) is 0. The van der Waals surface area contributed by atoms with Gasteiger partial charge >= 0.3 is 5.97 Å². The summed E-state index contributed by atoms with van der Waals surface area (Å²) >= 11 is 0. The number of carbonyl (C=O) groups is 1. The molecule has 4 rings (SSSR count). The molecule has 30 heavy (non-hydrogen) atoms. The molecule has 0 radical (unpaired) electrons. The molecule has 0 aliphatic heterocycles. The Labute approximate surface area is 173 Å². The Morgan fingerprint density at radius 1 is 0.933 bits per heavy atom.